The molecule has 0 atom stereocenters. The lowest BCUT2D eigenvalue weighted by atomic mass is 10.1. The molecule has 2 aliphatic rings. The van der Waals surface area contributed by atoms with Crippen molar-refractivity contribution < 1.29 is 19.1 Å². The third kappa shape index (κ3) is 4.58. The van der Waals surface area contributed by atoms with Crippen LogP contribution < -0.4 is 15.2 Å². The molecule has 0 unspecified atom stereocenters. The molecule has 188 valence electrons. The normalized spacial score (nSPS) is 16.3. The van der Waals surface area contributed by atoms with Crippen molar-refractivity contribution >= 4 is 34.2 Å². The summed E-state index contributed by atoms with van der Waals surface area (Å²) in [7, 11) is 0. The van der Waals surface area contributed by atoms with Gasteiger partial charge >= 0.3 is 5.97 Å². The molecule has 9 heteroatoms. The van der Waals surface area contributed by atoms with Gasteiger partial charge in [-0.2, -0.15) is 0 Å². The second-order valence-corrected chi connectivity index (χ2v) is 9.37. The first-order chi connectivity index (χ1) is 17.4. The first kappa shape index (κ1) is 24.0. The van der Waals surface area contributed by atoms with Gasteiger partial charge in [-0.3, -0.25) is 14.5 Å². The van der Waals surface area contributed by atoms with Crippen LogP contribution >= 0.6 is 0 Å². The van der Waals surface area contributed by atoms with Crippen molar-refractivity contribution in [3.8, 4) is 0 Å². The summed E-state index contributed by atoms with van der Waals surface area (Å²) in [4.78, 5) is 43.0. The number of benzene rings is 2. The van der Waals surface area contributed by atoms with E-state index in [1.165, 1.54) is 12.3 Å². The number of anilines is 2. The Balaban J connectivity index is 1.33. The molecule has 1 N–H and O–H groups in total. The van der Waals surface area contributed by atoms with Gasteiger partial charge < -0.3 is 19.5 Å². The van der Waals surface area contributed by atoms with Crippen LogP contribution in [0.25, 0.3) is 10.9 Å². The maximum Gasteiger partial charge on any atom is 0.341 e. The van der Waals surface area contributed by atoms with Gasteiger partial charge in [-0.1, -0.05) is 18.2 Å². The Morgan fingerprint density at radius 2 is 1.78 bits per heavy atom. The molecular formula is C27H29FN4O4. The molecule has 1 aliphatic carbocycles. The molecule has 1 amide bonds. The van der Waals surface area contributed by atoms with Crippen molar-refractivity contribution in [2.24, 2.45) is 0 Å². The first-order valence-corrected chi connectivity index (χ1v) is 12.3. The largest absolute Gasteiger partial charge is 0.477 e. The fraction of sp³-hybridized carbons (Fsp3) is 0.370. The van der Waals surface area contributed by atoms with Crippen molar-refractivity contribution in [3.05, 3.63) is 70.3 Å². The van der Waals surface area contributed by atoms with E-state index in [-0.39, 0.29) is 29.4 Å². The molecule has 0 bridgehead atoms. The molecule has 36 heavy (non-hydrogen) atoms. The average Bonchev–Trinajstić information content (AvgIpc) is 3.71. The van der Waals surface area contributed by atoms with E-state index in [1.807, 2.05) is 42.2 Å². The third-order valence-electron chi connectivity index (χ3n) is 7.03. The number of rotatable bonds is 7. The lowest BCUT2D eigenvalue weighted by Crippen LogP contribution is -2.50. The zero-order chi connectivity index (χ0) is 25.4. The number of piperazine rings is 1. The maximum absolute atomic E-state index is 15.2. The molecule has 2 heterocycles. The van der Waals surface area contributed by atoms with Gasteiger partial charge in [0.25, 0.3) is 0 Å². The van der Waals surface area contributed by atoms with Crippen LogP contribution in [-0.2, 0) is 4.79 Å². The fourth-order valence-electron chi connectivity index (χ4n) is 4.94. The van der Waals surface area contributed by atoms with Gasteiger partial charge in [-0.05, 0) is 44.0 Å². The molecule has 1 aromatic heterocycles. The third-order valence-corrected chi connectivity index (χ3v) is 7.03. The smallest absolute Gasteiger partial charge is 0.341 e. The Morgan fingerprint density at radius 1 is 1.08 bits per heavy atom. The number of pyridine rings is 1. The Kier molecular flexibility index (Phi) is 6.49. The summed E-state index contributed by atoms with van der Waals surface area (Å²) in [5, 5.41) is 9.53. The van der Waals surface area contributed by atoms with E-state index in [2.05, 4.69) is 4.90 Å². The summed E-state index contributed by atoms with van der Waals surface area (Å²) in [6.45, 7) is 5.09. The van der Waals surface area contributed by atoms with Crippen molar-refractivity contribution in [1.82, 2.24) is 9.47 Å². The highest BCUT2D eigenvalue weighted by molar-refractivity contribution is 5.95. The predicted octanol–water partition coefficient (Wildman–Crippen LogP) is 3.35. The molecule has 2 aromatic carbocycles. The Morgan fingerprint density at radius 3 is 2.39 bits per heavy atom. The van der Waals surface area contributed by atoms with Gasteiger partial charge in [0.2, 0.25) is 11.3 Å². The van der Waals surface area contributed by atoms with Gasteiger partial charge in [0, 0.05) is 56.0 Å². The molecule has 1 saturated heterocycles. The van der Waals surface area contributed by atoms with Crippen molar-refractivity contribution in [2.75, 3.05) is 49.1 Å². The number of aromatic carboxylic acids is 1. The number of fused-ring (bicyclic) bond motifs is 1. The Labute approximate surface area is 208 Å². The molecule has 0 radical (unpaired) electrons. The molecule has 1 saturated carbocycles. The molecular weight excluding hydrogens is 463 g/mol. The number of halogens is 1. The van der Waals surface area contributed by atoms with E-state index < -0.39 is 17.2 Å². The minimum atomic E-state index is -1.31. The second kappa shape index (κ2) is 9.73. The van der Waals surface area contributed by atoms with E-state index in [0.717, 1.165) is 18.5 Å². The molecule has 2 fully saturated rings. The summed E-state index contributed by atoms with van der Waals surface area (Å²) >= 11 is 0. The molecule has 1 aliphatic heterocycles. The van der Waals surface area contributed by atoms with Crippen LogP contribution in [0.1, 0.15) is 36.2 Å². The van der Waals surface area contributed by atoms with Crippen LogP contribution in [0.5, 0.6) is 0 Å². The van der Waals surface area contributed by atoms with Crippen LogP contribution in [0.3, 0.4) is 0 Å². The summed E-state index contributed by atoms with van der Waals surface area (Å²) in [6, 6.07) is 12.5. The van der Waals surface area contributed by atoms with Gasteiger partial charge in [0.1, 0.15) is 11.4 Å². The van der Waals surface area contributed by atoms with Crippen LogP contribution in [-0.4, -0.2) is 65.7 Å². The number of carbonyl (C=O) groups is 2. The highest BCUT2D eigenvalue weighted by Gasteiger charge is 2.29. The van der Waals surface area contributed by atoms with Gasteiger partial charge in [-0.25, -0.2) is 9.18 Å². The zero-order valence-corrected chi connectivity index (χ0v) is 20.2. The highest BCUT2D eigenvalue weighted by atomic mass is 19.1. The Hall–Kier alpha value is -3.72. The monoisotopic (exact) mass is 492 g/mol. The van der Waals surface area contributed by atoms with E-state index in [4.69, 9.17) is 0 Å². The topological polar surface area (TPSA) is 86.1 Å². The summed E-state index contributed by atoms with van der Waals surface area (Å²) in [6.07, 6.45) is 3.19. The van der Waals surface area contributed by atoms with E-state index in [0.29, 0.717) is 43.9 Å². The van der Waals surface area contributed by atoms with Crippen molar-refractivity contribution in [1.29, 1.82) is 0 Å². The average molecular weight is 493 g/mol. The quantitative estimate of drug-likeness (QED) is 0.545. The standard InChI is InChI=1S/C27H29FN4O4/c1-2-31(18-6-4-3-5-7-18)25(33)17-29-10-12-30(13-11-29)24-15-23-20(14-22(24)28)26(34)21(27(35)36)16-32(23)19-8-9-19/h3-7,14-16,19H,2,8-13,17H2,1H3,(H,35,36). The minimum Gasteiger partial charge on any atom is -0.477 e. The number of hydrogen-bond acceptors (Lipinski definition) is 5. The molecule has 0 spiro atoms. The van der Waals surface area contributed by atoms with Crippen molar-refractivity contribution in [3.63, 3.8) is 0 Å². The number of likely N-dealkylation sites (N-methyl/N-ethyl adjacent to an activating group) is 1. The molecule has 8 nitrogen and oxygen atoms in total. The van der Waals surface area contributed by atoms with Crippen molar-refractivity contribution in [2.45, 2.75) is 25.8 Å². The summed E-state index contributed by atoms with van der Waals surface area (Å²) in [5.41, 5.74) is 0.820. The number of carboxylic acids is 1. The lowest BCUT2D eigenvalue weighted by molar-refractivity contribution is -0.119. The number of nitrogens with zero attached hydrogens (tertiary/aromatic N) is 4. The number of aromatic nitrogens is 1. The zero-order valence-electron chi connectivity index (χ0n) is 20.2. The van der Waals surface area contributed by atoms with Gasteiger partial charge in [0.15, 0.2) is 0 Å². The summed E-state index contributed by atoms with van der Waals surface area (Å²) in [5.74, 6) is -1.83. The van der Waals surface area contributed by atoms with Crippen LogP contribution in [0.4, 0.5) is 15.8 Å². The first-order valence-electron chi connectivity index (χ1n) is 12.3. The lowest BCUT2D eigenvalue weighted by Gasteiger charge is -2.36. The fourth-order valence-corrected chi connectivity index (χ4v) is 4.94. The summed E-state index contributed by atoms with van der Waals surface area (Å²) < 4.78 is 17.0. The molecule has 3 aromatic rings. The predicted molar refractivity (Wildman–Crippen MR) is 137 cm³/mol. The molecule has 5 rings (SSSR count). The second-order valence-electron chi connectivity index (χ2n) is 9.37. The van der Waals surface area contributed by atoms with Crippen LogP contribution in [0.2, 0.25) is 0 Å². The SMILES string of the molecule is CCN(C(=O)CN1CCN(c2cc3c(cc2F)c(=O)c(C(=O)O)cn3C2CC2)CC1)c1ccccc1. The van der Waals surface area contributed by atoms with Crippen LogP contribution in [0.15, 0.2) is 53.5 Å². The van der Waals surface area contributed by atoms with Gasteiger partial charge in [-0.15, -0.1) is 0 Å². The number of carbonyl (C=O) groups excluding carboxylic acids is 1. The number of amides is 1. The van der Waals surface area contributed by atoms with E-state index in [1.54, 1.807) is 15.5 Å². The van der Waals surface area contributed by atoms with E-state index in [9.17, 15) is 19.5 Å². The number of hydrogen-bond donors (Lipinski definition) is 1. The maximum atomic E-state index is 15.2. The number of para-hydroxylation sites is 1. The highest BCUT2D eigenvalue weighted by Crippen LogP contribution is 2.38. The van der Waals surface area contributed by atoms with E-state index >= 15 is 4.39 Å². The Bertz CT molecular complexity index is 1360. The van der Waals surface area contributed by atoms with Gasteiger partial charge in [0.05, 0.1) is 17.7 Å². The van der Waals surface area contributed by atoms with Crippen LogP contribution in [0, 0.1) is 5.82 Å². The minimum absolute atomic E-state index is 0.0247. The number of carboxylic acid groups (broad SMARTS) is 1.